The first-order valence-corrected chi connectivity index (χ1v) is 12.2. The molecule has 1 aliphatic rings. The molecule has 1 fully saturated rings. The van der Waals surface area contributed by atoms with Crippen LogP contribution in [0.3, 0.4) is 0 Å². The molecule has 0 radical (unpaired) electrons. The van der Waals surface area contributed by atoms with Gasteiger partial charge in [-0.05, 0) is 50.5 Å². The lowest BCUT2D eigenvalue weighted by molar-refractivity contribution is -0.0177. The zero-order valence-electron chi connectivity index (χ0n) is 19.8. The van der Waals surface area contributed by atoms with Crippen molar-refractivity contribution in [2.75, 3.05) is 13.1 Å². The van der Waals surface area contributed by atoms with Gasteiger partial charge < -0.3 is 14.4 Å². The van der Waals surface area contributed by atoms with Crippen molar-refractivity contribution in [2.45, 2.75) is 64.8 Å². The molecule has 7 heteroatoms. The van der Waals surface area contributed by atoms with Crippen LogP contribution in [0.5, 0.6) is 0 Å². The molecule has 0 spiro atoms. The normalized spacial score (nSPS) is 18.7. The molecule has 0 aromatic heterocycles. The minimum absolute atomic E-state index is 0.173. The van der Waals surface area contributed by atoms with Crippen LogP contribution in [0.15, 0.2) is 59.1 Å². The van der Waals surface area contributed by atoms with Crippen molar-refractivity contribution in [3.05, 3.63) is 70.2 Å². The van der Waals surface area contributed by atoms with Crippen LogP contribution in [-0.4, -0.2) is 46.7 Å². The molecule has 178 valence electrons. The monoisotopic (exact) mass is 516 g/mol. The smallest absolute Gasteiger partial charge is 0.410 e. The molecule has 6 nitrogen and oxygen atoms in total. The van der Waals surface area contributed by atoms with Gasteiger partial charge in [0.05, 0.1) is 12.1 Å². The molecule has 1 saturated heterocycles. The lowest BCUT2D eigenvalue weighted by Crippen LogP contribution is -2.58. The Hall–Kier alpha value is -2.54. The second-order valence-electron chi connectivity index (χ2n) is 9.34. The van der Waals surface area contributed by atoms with E-state index in [1.807, 2.05) is 80.3 Å². The van der Waals surface area contributed by atoms with E-state index < -0.39 is 5.60 Å². The highest BCUT2D eigenvalue weighted by Crippen LogP contribution is 2.33. The summed E-state index contributed by atoms with van der Waals surface area (Å²) in [7, 11) is 0. The van der Waals surface area contributed by atoms with Gasteiger partial charge in [0.25, 0.3) is 0 Å². The fourth-order valence-corrected chi connectivity index (χ4v) is 4.29. The number of benzene rings is 2. The van der Waals surface area contributed by atoms with E-state index in [-0.39, 0.29) is 30.9 Å². The highest BCUT2D eigenvalue weighted by atomic mass is 79.9. The van der Waals surface area contributed by atoms with Crippen LogP contribution >= 0.6 is 15.9 Å². The average molecular weight is 517 g/mol. The number of ether oxygens (including phenoxy) is 2. The van der Waals surface area contributed by atoms with Crippen LogP contribution in [0.1, 0.15) is 57.7 Å². The minimum Gasteiger partial charge on any atom is -0.445 e. The molecule has 33 heavy (non-hydrogen) atoms. The summed E-state index contributed by atoms with van der Waals surface area (Å²) in [6.45, 7) is 8.62. The molecule has 2 aromatic rings. The molecular formula is C26H33BrN2O4. The number of halogens is 1. The van der Waals surface area contributed by atoms with Gasteiger partial charge in [-0.15, -0.1) is 0 Å². The summed E-state index contributed by atoms with van der Waals surface area (Å²) < 4.78 is 12.3. The van der Waals surface area contributed by atoms with Crippen molar-refractivity contribution in [1.82, 2.24) is 9.80 Å². The predicted octanol–water partition coefficient (Wildman–Crippen LogP) is 6.55. The zero-order valence-corrected chi connectivity index (χ0v) is 21.4. The average Bonchev–Trinajstić information content (AvgIpc) is 2.77. The zero-order chi connectivity index (χ0) is 24.0. The SMILES string of the molecule is CCC[C@@H]1CN(C(=O)OC(C)(C)C)C[C@@H](c2ccc(Br)cc2)N1C(=O)OCc1ccccc1. The van der Waals surface area contributed by atoms with Gasteiger partial charge in [-0.2, -0.15) is 0 Å². The van der Waals surface area contributed by atoms with Crippen LogP contribution in [0.2, 0.25) is 0 Å². The standard InChI is InChI=1S/C26H33BrN2O4/c1-5-9-22-16-28(24(30)33-26(2,3)4)17-23(20-12-14-21(27)15-13-20)29(22)25(31)32-18-19-10-7-6-8-11-19/h6-8,10-15,22-23H,5,9,16-18H2,1-4H3/t22-,23+/m1/s1. The highest BCUT2D eigenvalue weighted by molar-refractivity contribution is 9.10. The Morgan fingerprint density at radius 2 is 1.67 bits per heavy atom. The van der Waals surface area contributed by atoms with Crippen LogP contribution in [0.4, 0.5) is 9.59 Å². The van der Waals surface area contributed by atoms with E-state index >= 15 is 0 Å². The van der Waals surface area contributed by atoms with E-state index in [0.717, 1.165) is 28.4 Å². The molecule has 2 amide bonds. The van der Waals surface area contributed by atoms with Crippen LogP contribution in [0, 0.1) is 0 Å². The number of piperazine rings is 1. The molecule has 1 heterocycles. The van der Waals surface area contributed by atoms with E-state index in [9.17, 15) is 9.59 Å². The Kier molecular flexibility index (Phi) is 8.40. The maximum atomic E-state index is 13.4. The number of hydrogen-bond donors (Lipinski definition) is 0. The molecule has 0 N–H and O–H groups in total. The molecule has 2 atom stereocenters. The predicted molar refractivity (Wildman–Crippen MR) is 132 cm³/mol. The second-order valence-corrected chi connectivity index (χ2v) is 10.3. The van der Waals surface area contributed by atoms with Gasteiger partial charge in [0.1, 0.15) is 12.2 Å². The van der Waals surface area contributed by atoms with Crippen molar-refractivity contribution in [3.63, 3.8) is 0 Å². The minimum atomic E-state index is -0.587. The van der Waals surface area contributed by atoms with E-state index in [4.69, 9.17) is 9.47 Å². The summed E-state index contributed by atoms with van der Waals surface area (Å²) in [5.41, 5.74) is 1.30. The molecule has 1 aliphatic heterocycles. The number of hydrogen-bond acceptors (Lipinski definition) is 4. The molecule has 2 aromatic carbocycles. The van der Waals surface area contributed by atoms with Crippen molar-refractivity contribution < 1.29 is 19.1 Å². The summed E-state index contributed by atoms with van der Waals surface area (Å²) in [6, 6.07) is 17.0. The number of amides is 2. The third-order valence-electron chi connectivity index (χ3n) is 5.50. The van der Waals surface area contributed by atoms with Crippen molar-refractivity contribution >= 4 is 28.1 Å². The Morgan fingerprint density at radius 1 is 1.00 bits per heavy atom. The van der Waals surface area contributed by atoms with Gasteiger partial charge in [-0.3, -0.25) is 4.90 Å². The summed E-state index contributed by atoms with van der Waals surface area (Å²) in [5.74, 6) is 0. The van der Waals surface area contributed by atoms with Gasteiger partial charge in [-0.25, -0.2) is 9.59 Å². The molecule has 0 unspecified atom stereocenters. The van der Waals surface area contributed by atoms with Gasteiger partial charge in [0, 0.05) is 17.6 Å². The van der Waals surface area contributed by atoms with Crippen LogP contribution in [-0.2, 0) is 16.1 Å². The number of nitrogens with zero attached hydrogens (tertiary/aromatic N) is 2. The van der Waals surface area contributed by atoms with Crippen molar-refractivity contribution in [1.29, 1.82) is 0 Å². The molecule has 0 saturated carbocycles. The Morgan fingerprint density at radius 3 is 2.27 bits per heavy atom. The first-order valence-electron chi connectivity index (χ1n) is 11.4. The maximum Gasteiger partial charge on any atom is 0.410 e. The quantitative estimate of drug-likeness (QED) is 0.452. The van der Waals surface area contributed by atoms with Gasteiger partial charge in [-0.1, -0.05) is 71.7 Å². The summed E-state index contributed by atoms with van der Waals surface area (Å²) in [4.78, 5) is 29.9. The van der Waals surface area contributed by atoms with Crippen molar-refractivity contribution in [3.8, 4) is 0 Å². The lowest BCUT2D eigenvalue weighted by Gasteiger charge is -2.46. The molecule has 0 bridgehead atoms. The van der Waals surface area contributed by atoms with E-state index in [2.05, 4.69) is 22.9 Å². The maximum absolute atomic E-state index is 13.4. The third kappa shape index (κ3) is 6.97. The summed E-state index contributed by atoms with van der Waals surface area (Å²) in [6.07, 6.45) is 0.909. The fraction of sp³-hybridized carbons (Fsp3) is 0.462. The molecular weight excluding hydrogens is 484 g/mol. The first-order chi connectivity index (χ1) is 15.7. The van der Waals surface area contributed by atoms with E-state index in [0.29, 0.717) is 13.1 Å². The second kappa shape index (κ2) is 11.1. The summed E-state index contributed by atoms with van der Waals surface area (Å²) in [5, 5.41) is 0. The summed E-state index contributed by atoms with van der Waals surface area (Å²) >= 11 is 3.48. The third-order valence-corrected chi connectivity index (χ3v) is 6.03. The number of carbonyl (C=O) groups excluding carboxylic acids is 2. The van der Waals surface area contributed by atoms with Gasteiger partial charge in [0.15, 0.2) is 0 Å². The largest absolute Gasteiger partial charge is 0.445 e. The van der Waals surface area contributed by atoms with Gasteiger partial charge in [0.2, 0.25) is 0 Å². The Labute approximate surface area is 205 Å². The van der Waals surface area contributed by atoms with Crippen molar-refractivity contribution in [2.24, 2.45) is 0 Å². The Bertz CT molecular complexity index is 928. The lowest BCUT2D eigenvalue weighted by atomic mass is 9.97. The fourth-order valence-electron chi connectivity index (χ4n) is 4.03. The Balaban J connectivity index is 1.88. The highest BCUT2D eigenvalue weighted by Gasteiger charge is 2.41. The van der Waals surface area contributed by atoms with E-state index in [1.54, 1.807) is 4.90 Å². The number of carbonyl (C=O) groups is 2. The molecule has 3 rings (SSSR count). The van der Waals surface area contributed by atoms with Gasteiger partial charge >= 0.3 is 12.2 Å². The van der Waals surface area contributed by atoms with Crippen LogP contribution < -0.4 is 0 Å². The van der Waals surface area contributed by atoms with Crippen LogP contribution in [0.25, 0.3) is 0 Å². The molecule has 0 aliphatic carbocycles. The topological polar surface area (TPSA) is 59.1 Å². The van der Waals surface area contributed by atoms with E-state index in [1.165, 1.54) is 0 Å². The number of rotatable bonds is 5. The first kappa shape index (κ1) is 25.1.